The Morgan fingerprint density at radius 2 is 1.88 bits per heavy atom. The van der Waals surface area contributed by atoms with E-state index in [1.807, 2.05) is 6.92 Å². The van der Waals surface area contributed by atoms with Gasteiger partial charge < -0.3 is 5.32 Å². The van der Waals surface area contributed by atoms with Crippen molar-refractivity contribution >= 4 is 23.3 Å². The average molecular weight is 240 g/mol. The van der Waals surface area contributed by atoms with E-state index in [1.54, 1.807) is 24.3 Å². The SMILES string of the molecule is CCCC(=O)NCC(=O)c1ccc(Cl)cc1. The molecule has 1 N–H and O–H groups in total. The quantitative estimate of drug-likeness (QED) is 0.803. The van der Waals surface area contributed by atoms with Crippen LogP contribution in [0.15, 0.2) is 24.3 Å². The van der Waals surface area contributed by atoms with E-state index in [2.05, 4.69) is 5.32 Å². The second-order valence-corrected chi connectivity index (χ2v) is 3.89. The van der Waals surface area contributed by atoms with Gasteiger partial charge in [0.2, 0.25) is 5.91 Å². The maximum Gasteiger partial charge on any atom is 0.220 e. The Hall–Kier alpha value is -1.35. The first kappa shape index (κ1) is 12.7. The fourth-order valence-corrected chi connectivity index (χ4v) is 1.36. The van der Waals surface area contributed by atoms with E-state index < -0.39 is 0 Å². The first-order valence-corrected chi connectivity index (χ1v) is 5.56. The highest BCUT2D eigenvalue weighted by molar-refractivity contribution is 6.30. The molecule has 0 saturated carbocycles. The lowest BCUT2D eigenvalue weighted by atomic mass is 10.1. The molecule has 86 valence electrons. The van der Waals surface area contributed by atoms with Crippen molar-refractivity contribution < 1.29 is 9.59 Å². The van der Waals surface area contributed by atoms with Crippen LogP contribution in [0.2, 0.25) is 5.02 Å². The van der Waals surface area contributed by atoms with Crippen LogP contribution in [0, 0.1) is 0 Å². The zero-order valence-corrected chi connectivity index (χ0v) is 9.88. The summed E-state index contributed by atoms with van der Waals surface area (Å²) in [7, 11) is 0. The van der Waals surface area contributed by atoms with Crippen LogP contribution in [0.4, 0.5) is 0 Å². The van der Waals surface area contributed by atoms with Crippen LogP contribution in [-0.2, 0) is 4.79 Å². The zero-order chi connectivity index (χ0) is 12.0. The second kappa shape index (κ2) is 6.28. The highest BCUT2D eigenvalue weighted by Gasteiger charge is 2.07. The summed E-state index contributed by atoms with van der Waals surface area (Å²) in [4.78, 5) is 22.8. The molecule has 0 saturated heterocycles. The molecule has 0 heterocycles. The zero-order valence-electron chi connectivity index (χ0n) is 9.13. The largest absolute Gasteiger partial charge is 0.349 e. The molecule has 1 aromatic carbocycles. The number of hydrogen-bond donors (Lipinski definition) is 1. The van der Waals surface area contributed by atoms with Crippen molar-refractivity contribution in [2.24, 2.45) is 0 Å². The van der Waals surface area contributed by atoms with Gasteiger partial charge in [-0.15, -0.1) is 0 Å². The molecule has 0 unspecified atom stereocenters. The van der Waals surface area contributed by atoms with Crippen molar-refractivity contribution in [1.29, 1.82) is 0 Å². The van der Waals surface area contributed by atoms with Gasteiger partial charge in [-0.2, -0.15) is 0 Å². The molecule has 3 nitrogen and oxygen atoms in total. The Bertz CT molecular complexity index is 373. The molecule has 0 aliphatic carbocycles. The lowest BCUT2D eigenvalue weighted by Crippen LogP contribution is -2.29. The maximum atomic E-state index is 11.6. The van der Waals surface area contributed by atoms with Crippen LogP contribution in [0.1, 0.15) is 30.1 Å². The summed E-state index contributed by atoms with van der Waals surface area (Å²) in [6, 6.07) is 6.61. The van der Waals surface area contributed by atoms with Gasteiger partial charge in [-0.3, -0.25) is 9.59 Å². The fourth-order valence-electron chi connectivity index (χ4n) is 1.23. The van der Waals surface area contributed by atoms with Crippen LogP contribution in [0.5, 0.6) is 0 Å². The van der Waals surface area contributed by atoms with Gasteiger partial charge >= 0.3 is 0 Å². The summed E-state index contributed by atoms with van der Waals surface area (Å²) in [5.74, 6) is -0.203. The third-order valence-corrected chi connectivity index (χ3v) is 2.34. The molecule has 0 bridgehead atoms. The Morgan fingerprint density at radius 1 is 1.25 bits per heavy atom. The summed E-state index contributed by atoms with van der Waals surface area (Å²) in [5.41, 5.74) is 0.557. The molecule has 1 aromatic rings. The van der Waals surface area contributed by atoms with Crippen LogP contribution in [-0.4, -0.2) is 18.2 Å². The van der Waals surface area contributed by atoms with Crippen molar-refractivity contribution in [3.63, 3.8) is 0 Å². The van der Waals surface area contributed by atoms with Gasteiger partial charge in [0.25, 0.3) is 0 Å². The third kappa shape index (κ3) is 4.03. The molecule has 1 rings (SSSR count). The summed E-state index contributed by atoms with van der Waals surface area (Å²) < 4.78 is 0. The van der Waals surface area contributed by atoms with Crippen molar-refractivity contribution in [1.82, 2.24) is 5.32 Å². The standard InChI is InChI=1S/C12H14ClNO2/c1-2-3-12(16)14-8-11(15)9-4-6-10(13)7-5-9/h4-7H,2-3,8H2,1H3,(H,14,16). The fraction of sp³-hybridized carbons (Fsp3) is 0.333. The van der Waals surface area contributed by atoms with Gasteiger partial charge in [0.15, 0.2) is 5.78 Å². The predicted octanol–water partition coefficient (Wildman–Crippen LogP) is 2.44. The minimum absolute atomic E-state index is 0.0421. The van der Waals surface area contributed by atoms with Gasteiger partial charge in [0.1, 0.15) is 0 Å². The van der Waals surface area contributed by atoms with Gasteiger partial charge in [-0.05, 0) is 30.7 Å². The van der Waals surface area contributed by atoms with Crippen molar-refractivity contribution in [3.05, 3.63) is 34.9 Å². The Labute approximate surface area is 99.8 Å². The van der Waals surface area contributed by atoms with E-state index in [9.17, 15) is 9.59 Å². The molecule has 0 aromatic heterocycles. The van der Waals surface area contributed by atoms with Crippen molar-refractivity contribution in [3.8, 4) is 0 Å². The van der Waals surface area contributed by atoms with Gasteiger partial charge in [0, 0.05) is 17.0 Å². The number of carbonyl (C=O) groups is 2. The Kier molecular flexibility index (Phi) is 4.99. The smallest absolute Gasteiger partial charge is 0.220 e. The van der Waals surface area contributed by atoms with E-state index >= 15 is 0 Å². The van der Waals surface area contributed by atoms with E-state index in [1.165, 1.54) is 0 Å². The minimum Gasteiger partial charge on any atom is -0.349 e. The van der Waals surface area contributed by atoms with E-state index in [0.29, 0.717) is 17.0 Å². The van der Waals surface area contributed by atoms with Crippen molar-refractivity contribution in [2.75, 3.05) is 6.54 Å². The highest BCUT2D eigenvalue weighted by atomic mass is 35.5. The number of amides is 1. The number of rotatable bonds is 5. The second-order valence-electron chi connectivity index (χ2n) is 3.46. The molecule has 1 amide bonds. The molecule has 0 aliphatic heterocycles. The maximum absolute atomic E-state index is 11.6. The first-order chi connectivity index (χ1) is 7.63. The van der Waals surface area contributed by atoms with Gasteiger partial charge in [-0.25, -0.2) is 0 Å². The average Bonchev–Trinajstić information content (AvgIpc) is 2.27. The lowest BCUT2D eigenvalue weighted by molar-refractivity contribution is -0.120. The minimum atomic E-state index is -0.110. The molecular formula is C12H14ClNO2. The van der Waals surface area contributed by atoms with Crippen LogP contribution >= 0.6 is 11.6 Å². The van der Waals surface area contributed by atoms with Crippen LogP contribution in [0.3, 0.4) is 0 Å². The van der Waals surface area contributed by atoms with E-state index in [-0.39, 0.29) is 18.2 Å². The van der Waals surface area contributed by atoms with Gasteiger partial charge in [0.05, 0.1) is 6.54 Å². The lowest BCUT2D eigenvalue weighted by Gasteiger charge is -2.03. The summed E-state index contributed by atoms with van der Waals surface area (Å²) >= 11 is 5.70. The normalized spacial score (nSPS) is 9.88. The molecular weight excluding hydrogens is 226 g/mol. The molecule has 0 spiro atoms. The summed E-state index contributed by atoms with van der Waals surface area (Å²) in [6.07, 6.45) is 1.23. The number of benzene rings is 1. The number of nitrogens with one attached hydrogen (secondary N) is 1. The molecule has 4 heteroatoms. The topological polar surface area (TPSA) is 46.2 Å². The predicted molar refractivity (Wildman–Crippen MR) is 63.7 cm³/mol. The highest BCUT2D eigenvalue weighted by Crippen LogP contribution is 2.09. The number of Topliss-reactive ketones (excluding diaryl/α,β-unsaturated/α-hetero) is 1. The van der Waals surface area contributed by atoms with Crippen LogP contribution < -0.4 is 5.32 Å². The van der Waals surface area contributed by atoms with Gasteiger partial charge in [-0.1, -0.05) is 18.5 Å². The summed E-state index contributed by atoms with van der Waals surface area (Å²) in [5, 5.41) is 3.16. The third-order valence-electron chi connectivity index (χ3n) is 2.09. The molecule has 16 heavy (non-hydrogen) atoms. The van der Waals surface area contributed by atoms with E-state index in [4.69, 9.17) is 11.6 Å². The number of hydrogen-bond acceptors (Lipinski definition) is 2. The Balaban J connectivity index is 2.47. The Morgan fingerprint density at radius 3 is 2.44 bits per heavy atom. The summed E-state index contributed by atoms with van der Waals surface area (Å²) in [6.45, 7) is 1.96. The molecule has 0 atom stereocenters. The number of carbonyl (C=O) groups excluding carboxylic acids is 2. The molecule has 0 radical (unpaired) electrons. The van der Waals surface area contributed by atoms with Crippen molar-refractivity contribution in [2.45, 2.75) is 19.8 Å². The number of ketones is 1. The van der Waals surface area contributed by atoms with E-state index in [0.717, 1.165) is 6.42 Å². The number of halogens is 1. The first-order valence-electron chi connectivity index (χ1n) is 5.19. The molecule has 0 fully saturated rings. The molecule has 0 aliphatic rings. The monoisotopic (exact) mass is 239 g/mol. The van der Waals surface area contributed by atoms with Crippen LogP contribution in [0.25, 0.3) is 0 Å².